The van der Waals surface area contributed by atoms with E-state index in [0.717, 1.165) is 23.0 Å². The van der Waals surface area contributed by atoms with E-state index < -0.39 is 0 Å². The van der Waals surface area contributed by atoms with Gasteiger partial charge in [-0.15, -0.1) is 0 Å². The van der Waals surface area contributed by atoms with E-state index in [2.05, 4.69) is 17.1 Å². The van der Waals surface area contributed by atoms with Crippen molar-refractivity contribution in [1.29, 1.82) is 0 Å². The summed E-state index contributed by atoms with van der Waals surface area (Å²) in [5, 5.41) is 4.21. The van der Waals surface area contributed by atoms with Crippen LogP contribution in [-0.4, -0.2) is 10.1 Å². The largest absolute Gasteiger partial charge is 0.398 e. The lowest BCUT2D eigenvalue weighted by molar-refractivity contribution is 0.298. The van der Waals surface area contributed by atoms with Gasteiger partial charge in [-0.05, 0) is 30.4 Å². The number of anilines is 1. The maximum absolute atomic E-state index is 5.96. The van der Waals surface area contributed by atoms with Crippen LogP contribution in [0.3, 0.4) is 0 Å². The fourth-order valence-electron chi connectivity index (χ4n) is 3.26. The fourth-order valence-corrected chi connectivity index (χ4v) is 3.26. The van der Waals surface area contributed by atoms with E-state index in [9.17, 15) is 0 Å². The lowest BCUT2D eigenvalue weighted by Gasteiger charge is -2.26. The van der Waals surface area contributed by atoms with Crippen LogP contribution in [0.5, 0.6) is 0 Å². The number of nitrogen functional groups attached to an aromatic ring is 1. The highest BCUT2D eigenvalue weighted by Crippen LogP contribution is 2.36. The van der Waals surface area contributed by atoms with Crippen molar-refractivity contribution >= 4 is 5.69 Å². The van der Waals surface area contributed by atoms with Gasteiger partial charge in [0, 0.05) is 11.6 Å². The Bertz CT molecular complexity index is 593. The summed E-state index contributed by atoms with van der Waals surface area (Å²) in [5.41, 5.74) is 7.79. The molecule has 21 heavy (non-hydrogen) atoms. The molecule has 1 aliphatic carbocycles. The van der Waals surface area contributed by atoms with E-state index in [0.29, 0.717) is 18.2 Å². The van der Waals surface area contributed by atoms with E-state index in [4.69, 9.17) is 10.3 Å². The molecule has 0 spiro atoms. The quantitative estimate of drug-likeness (QED) is 0.864. The molecule has 4 nitrogen and oxygen atoms in total. The Morgan fingerprint density at radius 2 is 2.14 bits per heavy atom. The number of nitrogens with two attached hydrogens (primary N) is 1. The lowest BCUT2D eigenvalue weighted by Crippen LogP contribution is -2.14. The molecule has 0 bridgehead atoms. The van der Waals surface area contributed by atoms with Gasteiger partial charge in [-0.1, -0.05) is 49.5 Å². The Kier molecular flexibility index (Phi) is 4.23. The molecule has 2 aromatic rings. The molecule has 1 fully saturated rings. The Labute approximate surface area is 125 Å². The first-order valence-corrected chi connectivity index (χ1v) is 7.92. The SMILES string of the molecule is CCC1CCCC(c2noc(Cc3ccccc3N)n2)C1. The van der Waals surface area contributed by atoms with Gasteiger partial charge in [-0.25, -0.2) is 0 Å². The second kappa shape index (κ2) is 6.29. The molecule has 0 amide bonds. The number of para-hydroxylation sites is 1. The molecule has 1 aromatic heterocycles. The molecule has 2 atom stereocenters. The standard InChI is InChI=1S/C17H23N3O/c1-2-12-6-5-8-14(10-12)17-19-16(21-20-17)11-13-7-3-4-9-15(13)18/h3-4,7,9,12,14H,2,5-6,8,10-11,18H2,1H3. The number of aromatic nitrogens is 2. The minimum Gasteiger partial charge on any atom is -0.398 e. The second-order valence-electron chi connectivity index (χ2n) is 6.06. The first-order valence-electron chi connectivity index (χ1n) is 7.92. The summed E-state index contributed by atoms with van der Waals surface area (Å²) in [7, 11) is 0. The number of nitrogens with zero attached hydrogens (tertiary/aromatic N) is 2. The van der Waals surface area contributed by atoms with Crippen LogP contribution in [0, 0.1) is 5.92 Å². The van der Waals surface area contributed by atoms with Crippen LogP contribution < -0.4 is 5.73 Å². The van der Waals surface area contributed by atoms with Crippen molar-refractivity contribution in [1.82, 2.24) is 10.1 Å². The van der Waals surface area contributed by atoms with E-state index in [1.54, 1.807) is 0 Å². The van der Waals surface area contributed by atoms with Gasteiger partial charge in [0.2, 0.25) is 5.89 Å². The average Bonchev–Trinajstić information content (AvgIpc) is 2.98. The van der Waals surface area contributed by atoms with Crippen LogP contribution in [0.15, 0.2) is 28.8 Å². The van der Waals surface area contributed by atoms with E-state index in [1.165, 1.54) is 32.1 Å². The molecular formula is C17H23N3O. The molecule has 1 saturated carbocycles. The second-order valence-corrected chi connectivity index (χ2v) is 6.06. The molecule has 4 heteroatoms. The molecule has 1 aliphatic rings. The van der Waals surface area contributed by atoms with Gasteiger partial charge in [0.15, 0.2) is 5.82 Å². The average molecular weight is 285 g/mol. The molecule has 3 rings (SSSR count). The van der Waals surface area contributed by atoms with Crippen LogP contribution in [0.2, 0.25) is 0 Å². The zero-order valence-electron chi connectivity index (χ0n) is 12.6. The summed E-state index contributed by atoms with van der Waals surface area (Å²) in [6, 6.07) is 7.83. The summed E-state index contributed by atoms with van der Waals surface area (Å²) in [6.07, 6.45) is 6.87. The highest BCUT2D eigenvalue weighted by molar-refractivity contribution is 5.47. The zero-order valence-corrected chi connectivity index (χ0v) is 12.6. The summed E-state index contributed by atoms with van der Waals surface area (Å²) in [6.45, 7) is 2.27. The van der Waals surface area contributed by atoms with Crippen LogP contribution in [0.25, 0.3) is 0 Å². The van der Waals surface area contributed by atoms with Crippen LogP contribution in [-0.2, 0) is 6.42 Å². The smallest absolute Gasteiger partial charge is 0.231 e. The van der Waals surface area contributed by atoms with Crippen LogP contribution >= 0.6 is 0 Å². The van der Waals surface area contributed by atoms with Gasteiger partial charge in [0.25, 0.3) is 0 Å². The molecule has 2 N–H and O–H groups in total. The van der Waals surface area contributed by atoms with Crippen molar-refractivity contribution in [2.45, 2.75) is 51.4 Å². The van der Waals surface area contributed by atoms with Gasteiger partial charge in [-0.2, -0.15) is 4.98 Å². The number of benzene rings is 1. The van der Waals surface area contributed by atoms with Crippen molar-refractivity contribution in [3.63, 3.8) is 0 Å². The van der Waals surface area contributed by atoms with Gasteiger partial charge < -0.3 is 10.3 Å². The predicted molar refractivity (Wildman–Crippen MR) is 82.9 cm³/mol. The van der Waals surface area contributed by atoms with Crippen LogP contribution in [0.1, 0.15) is 62.2 Å². The minimum absolute atomic E-state index is 0.467. The molecule has 0 aliphatic heterocycles. The molecule has 1 heterocycles. The van der Waals surface area contributed by atoms with E-state index >= 15 is 0 Å². The Hall–Kier alpha value is -1.84. The molecular weight excluding hydrogens is 262 g/mol. The normalized spacial score (nSPS) is 22.3. The maximum Gasteiger partial charge on any atom is 0.231 e. The summed E-state index contributed by atoms with van der Waals surface area (Å²) >= 11 is 0. The van der Waals surface area contributed by atoms with Crippen LogP contribution in [0.4, 0.5) is 5.69 Å². The number of rotatable bonds is 4. The number of hydrogen-bond donors (Lipinski definition) is 1. The topological polar surface area (TPSA) is 64.9 Å². The first-order chi connectivity index (χ1) is 10.3. The fraction of sp³-hybridized carbons (Fsp3) is 0.529. The van der Waals surface area contributed by atoms with Gasteiger partial charge >= 0.3 is 0 Å². The van der Waals surface area contributed by atoms with Gasteiger partial charge in [0.1, 0.15) is 0 Å². The van der Waals surface area contributed by atoms with Crippen molar-refractivity contribution in [2.24, 2.45) is 5.92 Å². The third-order valence-corrected chi connectivity index (χ3v) is 4.61. The molecule has 1 aromatic carbocycles. The Balaban J connectivity index is 1.70. The molecule has 2 unspecified atom stereocenters. The van der Waals surface area contributed by atoms with E-state index in [1.807, 2.05) is 24.3 Å². The minimum atomic E-state index is 0.467. The molecule has 0 saturated heterocycles. The first kappa shape index (κ1) is 14.1. The highest BCUT2D eigenvalue weighted by Gasteiger charge is 2.25. The lowest BCUT2D eigenvalue weighted by atomic mass is 9.80. The Morgan fingerprint density at radius 1 is 1.29 bits per heavy atom. The van der Waals surface area contributed by atoms with Gasteiger partial charge in [0.05, 0.1) is 6.42 Å². The third-order valence-electron chi connectivity index (χ3n) is 4.61. The maximum atomic E-state index is 5.96. The molecule has 112 valence electrons. The summed E-state index contributed by atoms with van der Waals surface area (Å²) < 4.78 is 5.43. The summed E-state index contributed by atoms with van der Waals surface area (Å²) in [4.78, 5) is 4.61. The predicted octanol–water partition coefficient (Wildman–Crippen LogP) is 3.93. The third kappa shape index (κ3) is 3.26. The van der Waals surface area contributed by atoms with Crippen molar-refractivity contribution in [3.05, 3.63) is 41.5 Å². The Morgan fingerprint density at radius 3 is 2.95 bits per heavy atom. The van der Waals surface area contributed by atoms with Crippen molar-refractivity contribution in [2.75, 3.05) is 5.73 Å². The molecule has 0 radical (unpaired) electrons. The van der Waals surface area contributed by atoms with Gasteiger partial charge in [-0.3, -0.25) is 0 Å². The monoisotopic (exact) mass is 285 g/mol. The van der Waals surface area contributed by atoms with Crippen molar-refractivity contribution < 1.29 is 4.52 Å². The summed E-state index contributed by atoms with van der Waals surface area (Å²) in [5.74, 6) is 2.84. The number of hydrogen-bond acceptors (Lipinski definition) is 4. The van der Waals surface area contributed by atoms with Crippen molar-refractivity contribution in [3.8, 4) is 0 Å². The van der Waals surface area contributed by atoms with E-state index in [-0.39, 0.29) is 0 Å². The highest BCUT2D eigenvalue weighted by atomic mass is 16.5. The zero-order chi connectivity index (χ0) is 14.7.